The zero-order valence-corrected chi connectivity index (χ0v) is 13.5. The molecule has 21 heavy (non-hydrogen) atoms. The summed E-state index contributed by atoms with van der Waals surface area (Å²) in [6.07, 6.45) is 2.03. The van der Waals surface area contributed by atoms with E-state index in [0.29, 0.717) is 23.9 Å². The fourth-order valence-corrected chi connectivity index (χ4v) is 1.98. The van der Waals surface area contributed by atoms with Crippen LogP contribution in [0.2, 0.25) is 0 Å². The van der Waals surface area contributed by atoms with Gasteiger partial charge in [-0.2, -0.15) is 0 Å². The van der Waals surface area contributed by atoms with Crippen molar-refractivity contribution in [2.75, 3.05) is 47.6 Å². The molecule has 0 atom stereocenters. The van der Waals surface area contributed by atoms with Crippen LogP contribution in [0.1, 0.15) is 18.4 Å². The highest BCUT2D eigenvalue weighted by Crippen LogP contribution is 2.38. The van der Waals surface area contributed by atoms with Crippen LogP contribution < -0.4 is 19.5 Å². The van der Waals surface area contributed by atoms with Crippen LogP contribution in [0.15, 0.2) is 12.1 Å². The van der Waals surface area contributed by atoms with Gasteiger partial charge in [0.1, 0.15) is 0 Å². The molecule has 0 aliphatic carbocycles. The van der Waals surface area contributed by atoms with Crippen molar-refractivity contribution in [3.63, 3.8) is 0 Å². The van der Waals surface area contributed by atoms with Gasteiger partial charge >= 0.3 is 0 Å². The average Bonchev–Trinajstić information content (AvgIpc) is 2.50. The quantitative estimate of drug-likeness (QED) is 0.636. The highest BCUT2D eigenvalue weighted by Gasteiger charge is 2.12. The molecule has 0 radical (unpaired) electrons. The lowest BCUT2D eigenvalue weighted by atomic mass is 10.2. The van der Waals surface area contributed by atoms with E-state index in [4.69, 9.17) is 18.9 Å². The van der Waals surface area contributed by atoms with E-state index in [-0.39, 0.29) is 0 Å². The Morgan fingerprint density at radius 1 is 0.905 bits per heavy atom. The van der Waals surface area contributed by atoms with Gasteiger partial charge in [0.15, 0.2) is 11.5 Å². The van der Waals surface area contributed by atoms with Gasteiger partial charge in [0.2, 0.25) is 5.75 Å². The van der Waals surface area contributed by atoms with E-state index in [9.17, 15) is 0 Å². The lowest BCUT2D eigenvalue weighted by Gasteiger charge is -2.15. The molecule has 1 rings (SSSR count). The van der Waals surface area contributed by atoms with Crippen LogP contribution in [0.3, 0.4) is 0 Å². The number of ether oxygens (including phenoxy) is 4. The molecule has 0 bridgehead atoms. The number of unbranched alkanes of at least 4 members (excludes halogenated alkanes) is 1. The summed E-state index contributed by atoms with van der Waals surface area (Å²) in [5, 5.41) is 3.31. The third-order valence-electron chi connectivity index (χ3n) is 3.08. The van der Waals surface area contributed by atoms with Gasteiger partial charge in [0.05, 0.1) is 27.4 Å². The highest BCUT2D eigenvalue weighted by molar-refractivity contribution is 5.53. The molecule has 0 amide bonds. The number of aryl methyl sites for hydroxylation is 1. The summed E-state index contributed by atoms with van der Waals surface area (Å²) in [5.41, 5.74) is 1.08. The number of nitrogens with one attached hydrogen (secondary N) is 1. The van der Waals surface area contributed by atoms with Crippen molar-refractivity contribution in [1.29, 1.82) is 0 Å². The Morgan fingerprint density at radius 3 is 2.14 bits per heavy atom. The molecular weight excluding hydrogens is 270 g/mol. The SMILES string of the molecule is COCCNCCCCOc1c(OC)cc(C)cc1OC. The summed E-state index contributed by atoms with van der Waals surface area (Å²) in [7, 11) is 4.99. The molecule has 120 valence electrons. The molecule has 1 aromatic rings. The first-order chi connectivity index (χ1) is 10.2. The monoisotopic (exact) mass is 297 g/mol. The molecule has 0 aliphatic heterocycles. The number of benzene rings is 1. The number of rotatable bonds is 11. The minimum Gasteiger partial charge on any atom is -0.493 e. The van der Waals surface area contributed by atoms with E-state index in [0.717, 1.165) is 38.1 Å². The van der Waals surface area contributed by atoms with Crippen LogP contribution in [-0.4, -0.2) is 47.6 Å². The maximum absolute atomic E-state index is 5.83. The molecule has 0 heterocycles. The first kappa shape index (κ1) is 17.6. The molecule has 5 heteroatoms. The highest BCUT2D eigenvalue weighted by atomic mass is 16.5. The van der Waals surface area contributed by atoms with E-state index in [2.05, 4.69) is 5.32 Å². The van der Waals surface area contributed by atoms with Crippen LogP contribution in [0.4, 0.5) is 0 Å². The van der Waals surface area contributed by atoms with Gasteiger partial charge in [-0.1, -0.05) is 0 Å². The molecule has 0 saturated carbocycles. The van der Waals surface area contributed by atoms with Crippen LogP contribution in [0.5, 0.6) is 17.2 Å². The Kier molecular flexibility index (Phi) is 8.62. The minimum absolute atomic E-state index is 0.641. The number of hydrogen-bond donors (Lipinski definition) is 1. The van der Waals surface area contributed by atoms with Crippen molar-refractivity contribution < 1.29 is 18.9 Å². The molecule has 0 aliphatic rings. The zero-order valence-electron chi connectivity index (χ0n) is 13.5. The summed E-state index contributed by atoms with van der Waals surface area (Å²) in [6, 6.07) is 3.90. The first-order valence-corrected chi connectivity index (χ1v) is 7.28. The van der Waals surface area contributed by atoms with Gasteiger partial charge in [-0.15, -0.1) is 0 Å². The summed E-state index contributed by atoms with van der Waals surface area (Å²) in [6.45, 7) is 5.24. The van der Waals surface area contributed by atoms with Crippen molar-refractivity contribution in [2.24, 2.45) is 0 Å². The Balaban J connectivity index is 2.37. The van der Waals surface area contributed by atoms with E-state index >= 15 is 0 Å². The summed E-state index contributed by atoms with van der Waals surface area (Å²) in [4.78, 5) is 0. The van der Waals surface area contributed by atoms with Gasteiger partial charge in [0.25, 0.3) is 0 Å². The third kappa shape index (κ3) is 6.23. The number of hydrogen-bond acceptors (Lipinski definition) is 5. The fourth-order valence-electron chi connectivity index (χ4n) is 1.98. The molecule has 1 N–H and O–H groups in total. The molecule has 0 spiro atoms. The van der Waals surface area contributed by atoms with Gasteiger partial charge in [-0.25, -0.2) is 0 Å². The maximum Gasteiger partial charge on any atom is 0.203 e. The Bertz CT molecular complexity index is 384. The number of methoxy groups -OCH3 is 3. The van der Waals surface area contributed by atoms with Crippen molar-refractivity contribution >= 4 is 0 Å². The molecule has 0 saturated heterocycles. The van der Waals surface area contributed by atoms with Crippen molar-refractivity contribution in [3.05, 3.63) is 17.7 Å². The molecule has 0 fully saturated rings. The lowest BCUT2D eigenvalue weighted by molar-refractivity contribution is 0.199. The second-order valence-electron chi connectivity index (χ2n) is 4.80. The van der Waals surface area contributed by atoms with E-state index < -0.39 is 0 Å². The molecule has 5 nitrogen and oxygen atoms in total. The third-order valence-corrected chi connectivity index (χ3v) is 3.08. The van der Waals surface area contributed by atoms with Crippen LogP contribution >= 0.6 is 0 Å². The molecule has 0 aromatic heterocycles. The predicted molar refractivity (Wildman–Crippen MR) is 83.8 cm³/mol. The fraction of sp³-hybridized carbons (Fsp3) is 0.625. The van der Waals surface area contributed by atoms with Crippen molar-refractivity contribution in [3.8, 4) is 17.2 Å². The van der Waals surface area contributed by atoms with Crippen LogP contribution in [0, 0.1) is 6.92 Å². The summed E-state index contributed by atoms with van der Waals surface area (Å²) >= 11 is 0. The summed E-state index contributed by atoms with van der Waals surface area (Å²) in [5.74, 6) is 2.10. The van der Waals surface area contributed by atoms with Gasteiger partial charge in [-0.3, -0.25) is 0 Å². The first-order valence-electron chi connectivity index (χ1n) is 7.28. The van der Waals surface area contributed by atoms with E-state index in [1.165, 1.54) is 0 Å². The second-order valence-corrected chi connectivity index (χ2v) is 4.80. The second kappa shape index (κ2) is 10.3. The smallest absolute Gasteiger partial charge is 0.203 e. The van der Waals surface area contributed by atoms with E-state index in [1.54, 1.807) is 21.3 Å². The Morgan fingerprint density at radius 2 is 1.57 bits per heavy atom. The van der Waals surface area contributed by atoms with Gasteiger partial charge < -0.3 is 24.3 Å². The largest absolute Gasteiger partial charge is 0.493 e. The van der Waals surface area contributed by atoms with E-state index in [1.807, 2.05) is 19.1 Å². The Hall–Kier alpha value is -1.46. The van der Waals surface area contributed by atoms with Crippen molar-refractivity contribution in [2.45, 2.75) is 19.8 Å². The average molecular weight is 297 g/mol. The van der Waals surface area contributed by atoms with Gasteiger partial charge in [-0.05, 0) is 44.0 Å². The lowest BCUT2D eigenvalue weighted by Crippen LogP contribution is -2.20. The van der Waals surface area contributed by atoms with Crippen LogP contribution in [0.25, 0.3) is 0 Å². The molecule has 0 unspecified atom stereocenters. The van der Waals surface area contributed by atoms with Crippen LogP contribution in [-0.2, 0) is 4.74 Å². The van der Waals surface area contributed by atoms with Crippen molar-refractivity contribution in [1.82, 2.24) is 5.32 Å². The molecular formula is C16H27NO4. The standard InChI is InChI=1S/C16H27NO4/c1-13-11-14(19-3)16(15(12-13)20-4)21-9-6-5-7-17-8-10-18-2/h11-12,17H,5-10H2,1-4H3. The molecule has 1 aromatic carbocycles. The normalized spacial score (nSPS) is 10.5. The summed E-state index contributed by atoms with van der Waals surface area (Å²) < 4.78 is 21.5. The zero-order chi connectivity index (χ0) is 15.5. The maximum atomic E-state index is 5.83. The van der Waals surface area contributed by atoms with Gasteiger partial charge in [0, 0.05) is 13.7 Å². The Labute approximate surface area is 127 Å². The minimum atomic E-state index is 0.641. The topological polar surface area (TPSA) is 49.0 Å². The predicted octanol–water partition coefficient (Wildman–Crippen LogP) is 2.41.